The lowest BCUT2D eigenvalue weighted by Gasteiger charge is -2.18. The van der Waals surface area contributed by atoms with E-state index in [4.69, 9.17) is 10.2 Å². The number of halogens is 2. The number of rotatable bonds is 3. The molecule has 0 aliphatic heterocycles. The molecule has 0 radical (unpaired) electrons. The van der Waals surface area contributed by atoms with Gasteiger partial charge in [-0.1, -0.05) is 0 Å². The molecule has 2 N–H and O–H groups in total. The molecule has 2 rings (SSSR count). The number of hydrogen-bond acceptors (Lipinski definition) is 3. The Balaban J connectivity index is 2.23. The Morgan fingerprint density at radius 3 is 2.60 bits per heavy atom. The van der Waals surface area contributed by atoms with E-state index in [0.29, 0.717) is 12.3 Å². The Labute approximate surface area is 114 Å². The van der Waals surface area contributed by atoms with Crippen molar-refractivity contribution in [2.24, 2.45) is 0 Å². The van der Waals surface area contributed by atoms with Gasteiger partial charge >= 0.3 is 0 Å². The normalized spacial score (nSPS) is 10.6. The average Bonchev–Trinajstić information content (AvgIpc) is 2.78. The van der Waals surface area contributed by atoms with Gasteiger partial charge in [-0.2, -0.15) is 0 Å². The molecule has 1 heterocycles. The number of anilines is 1. The molecule has 6 heteroatoms. The Morgan fingerprint density at radius 1 is 1.35 bits per heavy atom. The van der Waals surface area contributed by atoms with Gasteiger partial charge in [-0.25, -0.2) is 8.78 Å². The Hall–Kier alpha value is -2.37. The summed E-state index contributed by atoms with van der Waals surface area (Å²) >= 11 is 0. The Kier molecular flexibility index (Phi) is 3.74. The second-order valence-corrected chi connectivity index (χ2v) is 4.52. The van der Waals surface area contributed by atoms with E-state index in [1.807, 2.05) is 0 Å². The average molecular weight is 280 g/mol. The fourth-order valence-corrected chi connectivity index (χ4v) is 1.86. The van der Waals surface area contributed by atoms with Crippen LogP contribution in [0.1, 0.15) is 21.7 Å². The summed E-state index contributed by atoms with van der Waals surface area (Å²) in [6.07, 6.45) is 1.52. The zero-order chi connectivity index (χ0) is 14.9. The summed E-state index contributed by atoms with van der Waals surface area (Å²) in [6, 6.07) is 3.36. The summed E-state index contributed by atoms with van der Waals surface area (Å²) in [6.45, 7) is 2.07. The molecular formula is C14H14F2N2O2. The second-order valence-electron chi connectivity index (χ2n) is 4.52. The fraction of sp³-hybridized carbons (Fsp3) is 0.214. The number of hydrogen-bond donors (Lipinski definition) is 1. The zero-order valence-corrected chi connectivity index (χ0v) is 11.1. The maximum atomic E-state index is 13.2. The van der Waals surface area contributed by atoms with Gasteiger partial charge in [-0.3, -0.25) is 4.79 Å². The SMILES string of the molecule is Cc1occc1CN(C)C(=O)c1cc(F)c(F)cc1N. The molecule has 0 aliphatic carbocycles. The van der Waals surface area contributed by atoms with Crippen molar-refractivity contribution >= 4 is 11.6 Å². The van der Waals surface area contributed by atoms with Crippen LogP contribution in [0.4, 0.5) is 14.5 Å². The number of furan rings is 1. The van der Waals surface area contributed by atoms with Gasteiger partial charge in [0.1, 0.15) is 5.76 Å². The summed E-state index contributed by atoms with van der Waals surface area (Å²) in [5, 5.41) is 0. The van der Waals surface area contributed by atoms with Gasteiger partial charge in [0.25, 0.3) is 5.91 Å². The molecule has 1 aromatic heterocycles. The van der Waals surface area contributed by atoms with E-state index < -0.39 is 17.5 Å². The maximum absolute atomic E-state index is 13.2. The van der Waals surface area contributed by atoms with Crippen LogP contribution in [0.5, 0.6) is 0 Å². The number of benzene rings is 1. The van der Waals surface area contributed by atoms with Crippen molar-refractivity contribution in [3.63, 3.8) is 0 Å². The maximum Gasteiger partial charge on any atom is 0.256 e. The number of carbonyl (C=O) groups excluding carboxylic acids is 1. The molecule has 0 atom stereocenters. The fourth-order valence-electron chi connectivity index (χ4n) is 1.86. The molecule has 0 spiro atoms. The zero-order valence-electron chi connectivity index (χ0n) is 11.1. The van der Waals surface area contributed by atoms with Crippen molar-refractivity contribution in [1.82, 2.24) is 4.90 Å². The van der Waals surface area contributed by atoms with Gasteiger partial charge in [0.05, 0.1) is 11.8 Å². The molecule has 0 aliphatic rings. The molecule has 4 nitrogen and oxygen atoms in total. The van der Waals surface area contributed by atoms with Gasteiger partial charge in [-0.05, 0) is 19.1 Å². The number of amides is 1. The standard InChI is InChI=1S/C14H14F2N2O2/c1-8-9(3-4-20-8)7-18(2)14(19)10-5-11(15)12(16)6-13(10)17/h3-6H,7,17H2,1-2H3. The van der Waals surface area contributed by atoms with Crippen LogP contribution in [0, 0.1) is 18.6 Å². The van der Waals surface area contributed by atoms with Crippen LogP contribution >= 0.6 is 0 Å². The summed E-state index contributed by atoms with van der Waals surface area (Å²) in [5.41, 5.74) is 6.24. The number of carbonyl (C=O) groups is 1. The van der Waals surface area contributed by atoms with Crippen molar-refractivity contribution in [3.05, 3.63) is 53.0 Å². The summed E-state index contributed by atoms with van der Waals surface area (Å²) in [7, 11) is 1.55. The molecule has 106 valence electrons. The highest BCUT2D eigenvalue weighted by Gasteiger charge is 2.19. The van der Waals surface area contributed by atoms with E-state index in [2.05, 4.69) is 0 Å². The first-order chi connectivity index (χ1) is 9.40. The van der Waals surface area contributed by atoms with Crippen molar-refractivity contribution in [2.45, 2.75) is 13.5 Å². The van der Waals surface area contributed by atoms with Crippen LogP contribution in [0.3, 0.4) is 0 Å². The lowest BCUT2D eigenvalue weighted by Crippen LogP contribution is -2.27. The smallest absolute Gasteiger partial charge is 0.256 e. The van der Waals surface area contributed by atoms with Gasteiger partial charge < -0.3 is 15.1 Å². The topological polar surface area (TPSA) is 59.5 Å². The second kappa shape index (κ2) is 5.32. The van der Waals surface area contributed by atoms with E-state index in [1.165, 1.54) is 11.2 Å². The van der Waals surface area contributed by atoms with Crippen molar-refractivity contribution in [3.8, 4) is 0 Å². The molecule has 1 amide bonds. The first-order valence-electron chi connectivity index (χ1n) is 5.93. The van der Waals surface area contributed by atoms with Gasteiger partial charge in [0.15, 0.2) is 11.6 Å². The number of aryl methyl sites for hydroxylation is 1. The molecule has 0 bridgehead atoms. The third-order valence-corrected chi connectivity index (χ3v) is 3.04. The van der Waals surface area contributed by atoms with E-state index in [-0.39, 0.29) is 11.3 Å². The predicted octanol–water partition coefficient (Wildman–Crippen LogP) is 2.72. The lowest BCUT2D eigenvalue weighted by atomic mass is 10.1. The molecule has 2 aromatic rings. The van der Waals surface area contributed by atoms with Crippen LogP contribution in [-0.4, -0.2) is 17.9 Å². The van der Waals surface area contributed by atoms with E-state index in [9.17, 15) is 13.6 Å². The first kappa shape index (κ1) is 14.0. The highest BCUT2D eigenvalue weighted by atomic mass is 19.2. The van der Waals surface area contributed by atoms with Crippen molar-refractivity contribution in [1.29, 1.82) is 0 Å². The molecule has 20 heavy (non-hydrogen) atoms. The van der Waals surface area contributed by atoms with Crippen LogP contribution in [0.15, 0.2) is 28.9 Å². The van der Waals surface area contributed by atoms with E-state index >= 15 is 0 Å². The summed E-state index contributed by atoms with van der Waals surface area (Å²) in [5.74, 6) is -1.97. The minimum absolute atomic E-state index is 0.0625. The van der Waals surface area contributed by atoms with Gasteiger partial charge in [0, 0.05) is 30.9 Å². The van der Waals surface area contributed by atoms with Crippen molar-refractivity contribution in [2.75, 3.05) is 12.8 Å². The van der Waals surface area contributed by atoms with E-state index in [0.717, 1.165) is 17.7 Å². The predicted molar refractivity (Wildman–Crippen MR) is 70.0 cm³/mol. The third kappa shape index (κ3) is 2.64. The van der Waals surface area contributed by atoms with Gasteiger partial charge in [-0.15, -0.1) is 0 Å². The molecule has 0 saturated carbocycles. The lowest BCUT2D eigenvalue weighted by molar-refractivity contribution is 0.0785. The minimum Gasteiger partial charge on any atom is -0.469 e. The molecular weight excluding hydrogens is 266 g/mol. The Morgan fingerprint density at radius 2 is 2.00 bits per heavy atom. The number of nitrogen functional groups attached to an aromatic ring is 1. The van der Waals surface area contributed by atoms with Crippen LogP contribution in [-0.2, 0) is 6.54 Å². The van der Waals surface area contributed by atoms with E-state index in [1.54, 1.807) is 20.0 Å². The quantitative estimate of drug-likeness (QED) is 0.879. The van der Waals surface area contributed by atoms with Gasteiger partial charge in [0.2, 0.25) is 0 Å². The molecule has 0 unspecified atom stereocenters. The number of nitrogens with zero attached hydrogens (tertiary/aromatic N) is 1. The monoisotopic (exact) mass is 280 g/mol. The molecule has 1 aromatic carbocycles. The Bertz CT molecular complexity index is 653. The largest absolute Gasteiger partial charge is 0.469 e. The number of nitrogens with two attached hydrogens (primary N) is 1. The third-order valence-electron chi connectivity index (χ3n) is 3.04. The molecule has 0 saturated heterocycles. The minimum atomic E-state index is -1.10. The first-order valence-corrected chi connectivity index (χ1v) is 5.93. The van der Waals surface area contributed by atoms with Crippen LogP contribution < -0.4 is 5.73 Å². The highest BCUT2D eigenvalue weighted by molar-refractivity contribution is 5.99. The summed E-state index contributed by atoms with van der Waals surface area (Å²) < 4.78 is 31.3. The highest BCUT2D eigenvalue weighted by Crippen LogP contribution is 2.20. The molecule has 0 fully saturated rings. The summed E-state index contributed by atoms with van der Waals surface area (Å²) in [4.78, 5) is 13.6. The van der Waals surface area contributed by atoms with Crippen LogP contribution in [0.25, 0.3) is 0 Å². The van der Waals surface area contributed by atoms with Crippen LogP contribution in [0.2, 0.25) is 0 Å². The van der Waals surface area contributed by atoms with Crippen molar-refractivity contribution < 1.29 is 18.0 Å².